The Kier molecular flexibility index (Phi) is 4.88. The summed E-state index contributed by atoms with van der Waals surface area (Å²) in [5.74, 6) is 0.731. The van der Waals surface area contributed by atoms with Crippen molar-refractivity contribution >= 4 is 11.6 Å². The lowest BCUT2D eigenvalue weighted by molar-refractivity contribution is 0.0579. The SMILES string of the molecule is CC(N)C(c1cccc(Cl)c1)N1CCCC(C)C1C. The van der Waals surface area contributed by atoms with E-state index < -0.39 is 0 Å². The Morgan fingerprint density at radius 3 is 2.74 bits per heavy atom. The molecule has 4 atom stereocenters. The maximum absolute atomic E-state index is 6.27. The van der Waals surface area contributed by atoms with Crippen LogP contribution in [0.1, 0.15) is 45.2 Å². The molecule has 0 aromatic heterocycles. The van der Waals surface area contributed by atoms with E-state index in [-0.39, 0.29) is 12.1 Å². The molecular formula is C16H25ClN2. The number of hydrogen-bond acceptors (Lipinski definition) is 2. The smallest absolute Gasteiger partial charge is 0.0499 e. The first-order chi connectivity index (χ1) is 9.00. The fourth-order valence-corrected chi connectivity index (χ4v) is 3.45. The van der Waals surface area contributed by atoms with Crippen LogP contribution >= 0.6 is 11.6 Å². The van der Waals surface area contributed by atoms with Gasteiger partial charge in [-0.1, -0.05) is 30.7 Å². The highest BCUT2D eigenvalue weighted by atomic mass is 35.5. The molecule has 0 amide bonds. The molecule has 0 bridgehead atoms. The van der Waals surface area contributed by atoms with Crippen molar-refractivity contribution < 1.29 is 0 Å². The average molecular weight is 281 g/mol. The number of rotatable bonds is 3. The normalized spacial score (nSPS) is 28.1. The van der Waals surface area contributed by atoms with Crippen molar-refractivity contribution in [3.63, 3.8) is 0 Å². The fraction of sp³-hybridized carbons (Fsp3) is 0.625. The highest BCUT2D eigenvalue weighted by Crippen LogP contribution is 2.33. The maximum atomic E-state index is 6.27. The van der Waals surface area contributed by atoms with Crippen LogP contribution in [0.15, 0.2) is 24.3 Å². The van der Waals surface area contributed by atoms with Crippen molar-refractivity contribution in [1.29, 1.82) is 0 Å². The minimum Gasteiger partial charge on any atom is -0.326 e. The Labute approximate surface area is 121 Å². The van der Waals surface area contributed by atoms with Crippen LogP contribution in [0.3, 0.4) is 0 Å². The van der Waals surface area contributed by atoms with Crippen LogP contribution in [0.4, 0.5) is 0 Å². The van der Waals surface area contributed by atoms with Gasteiger partial charge in [-0.05, 0) is 56.8 Å². The van der Waals surface area contributed by atoms with Gasteiger partial charge in [0.2, 0.25) is 0 Å². The van der Waals surface area contributed by atoms with Gasteiger partial charge in [-0.2, -0.15) is 0 Å². The van der Waals surface area contributed by atoms with Crippen LogP contribution in [-0.4, -0.2) is 23.5 Å². The molecule has 19 heavy (non-hydrogen) atoms. The summed E-state index contributed by atoms with van der Waals surface area (Å²) in [7, 11) is 0. The molecule has 1 aliphatic rings. The minimum absolute atomic E-state index is 0.103. The lowest BCUT2D eigenvalue weighted by Gasteiger charge is -2.44. The van der Waals surface area contributed by atoms with Crippen molar-refractivity contribution in [2.24, 2.45) is 11.7 Å². The van der Waals surface area contributed by atoms with E-state index in [1.807, 2.05) is 12.1 Å². The average Bonchev–Trinajstić information content (AvgIpc) is 2.34. The van der Waals surface area contributed by atoms with Crippen LogP contribution in [0.5, 0.6) is 0 Å². The van der Waals surface area contributed by atoms with Crippen molar-refractivity contribution in [2.75, 3.05) is 6.54 Å². The van der Waals surface area contributed by atoms with E-state index in [9.17, 15) is 0 Å². The highest BCUT2D eigenvalue weighted by Gasteiger charge is 2.32. The quantitative estimate of drug-likeness (QED) is 0.911. The van der Waals surface area contributed by atoms with Crippen molar-refractivity contribution in [3.05, 3.63) is 34.9 Å². The van der Waals surface area contributed by atoms with E-state index in [0.717, 1.165) is 17.5 Å². The Morgan fingerprint density at radius 1 is 1.37 bits per heavy atom. The first-order valence-electron chi connectivity index (χ1n) is 7.27. The summed E-state index contributed by atoms with van der Waals surface area (Å²) >= 11 is 6.14. The lowest BCUT2D eigenvalue weighted by Crippen LogP contribution is -2.49. The molecule has 1 heterocycles. The number of benzene rings is 1. The van der Waals surface area contributed by atoms with Crippen molar-refractivity contribution in [2.45, 2.75) is 51.7 Å². The van der Waals surface area contributed by atoms with Gasteiger partial charge >= 0.3 is 0 Å². The largest absolute Gasteiger partial charge is 0.326 e. The van der Waals surface area contributed by atoms with Crippen LogP contribution in [0.25, 0.3) is 0 Å². The first kappa shape index (κ1) is 14.8. The summed E-state index contributed by atoms with van der Waals surface area (Å²) < 4.78 is 0. The molecule has 0 saturated carbocycles. The maximum Gasteiger partial charge on any atom is 0.0499 e. The summed E-state index contributed by atoms with van der Waals surface area (Å²) in [4.78, 5) is 2.56. The third-order valence-corrected chi connectivity index (χ3v) is 4.70. The van der Waals surface area contributed by atoms with Crippen LogP contribution in [0.2, 0.25) is 5.02 Å². The van der Waals surface area contributed by atoms with Gasteiger partial charge in [0.15, 0.2) is 0 Å². The number of halogens is 1. The molecule has 1 saturated heterocycles. The molecule has 0 radical (unpaired) electrons. The van der Waals surface area contributed by atoms with Crippen molar-refractivity contribution in [3.8, 4) is 0 Å². The van der Waals surface area contributed by atoms with Gasteiger partial charge in [-0.3, -0.25) is 4.90 Å². The standard InChI is InChI=1S/C16H25ClN2/c1-11-6-5-9-19(13(11)3)16(12(2)18)14-7-4-8-15(17)10-14/h4,7-8,10-13,16H,5-6,9,18H2,1-3H3. The molecule has 1 aliphatic heterocycles. The number of hydrogen-bond donors (Lipinski definition) is 1. The predicted octanol–water partition coefficient (Wildman–Crippen LogP) is 3.85. The number of piperidine rings is 1. The van der Waals surface area contributed by atoms with Gasteiger partial charge < -0.3 is 5.73 Å². The molecule has 2 N–H and O–H groups in total. The molecule has 2 nitrogen and oxygen atoms in total. The number of nitrogens with zero attached hydrogens (tertiary/aromatic N) is 1. The molecule has 106 valence electrons. The third-order valence-electron chi connectivity index (χ3n) is 4.47. The Bertz CT molecular complexity index is 419. The third kappa shape index (κ3) is 3.31. The van der Waals surface area contributed by atoms with Crippen LogP contribution in [-0.2, 0) is 0 Å². The topological polar surface area (TPSA) is 29.3 Å². The first-order valence-corrected chi connectivity index (χ1v) is 7.65. The molecule has 1 fully saturated rings. The van der Waals surface area contributed by atoms with Gasteiger partial charge in [0.25, 0.3) is 0 Å². The molecular weight excluding hydrogens is 256 g/mol. The molecule has 1 aromatic carbocycles. The summed E-state index contributed by atoms with van der Waals surface area (Å²) in [5.41, 5.74) is 7.51. The van der Waals surface area contributed by atoms with Gasteiger partial charge in [0.05, 0.1) is 0 Å². The van der Waals surface area contributed by atoms with Gasteiger partial charge in [0.1, 0.15) is 0 Å². The van der Waals surface area contributed by atoms with E-state index in [0.29, 0.717) is 6.04 Å². The summed E-state index contributed by atoms with van der Waals surface area (Å²) in [6.45, 7) is 7.89. The Balaban J connectivity index is 2.29. The van der Waals surface area contributed by atoms with E-state index in [2.05, 4.69) is 37.8 Å². The molecule has 1 aromatic rings. The minimum atomic E-state index is 0.103. The highest BCUT2D eigenvalue weighted by molar-refractivity contribution is 6.30. The zero-order valence-electron chi connectivity index (χ0n) is 12.1. The molecule has 0 aliphatic carbocycles. The summed E-state index contributed by atoms with van der Waals surface area (Å²) in [6, 6.07) is 9.08. The second kappa shape index (κ2) is 6.25. The summed E-state index contributed by atoms with van der Waals surface area (Å²) in [5, 5.41) is 0.792. The fourth-order valence-electron chi connectivity index (χ4n) is 3.25. The Morgan fingerprint density at radius 2 is 2.11 bits per heavy atom. The van der Waals surface area contributed by atoms with Gasteiger partial charge in [-0.15, -0.1) is 0 Å². The summed E-state index contributed by atoms with van der Waals surface area (Å²) in [6.07, 6.45) is 2.58. The lowest BCUT2D eigenvalue weighted by atomic mass is 9.87. The van der Waals surface area contributed by atoms with Gasteiger partial charge in [0, 0.05) is 23.1 Å². The van der Waals surface area contributed by atoms with E-state index >= 15 is 0 Å². The number of likely N-dealkylation sites (tertiary alicyclic amines) is 1. The monoisotopic (exact) mass is 280 g/mol. The molecule has 2 rings (SSSR count). The van der Waals surface area contributed by atoms with Gasteiger partial charge in [-0.25, -0.2) is 0 Å². The van der Waals surface area contributed by atoms with E-state index in [1.54, 1.807) is 0 Å². The predicted molar refractivity (Wildman–Crippen MR) is 82.4 cm³/mol. The molecule has 4 unspecified atom stereocenters. The zero-order chi connectivity index (χ0) is 14.0. The van der Waals surface area contributed by atoms with E-state index in [4.69, 9.17) is 17.3 Å². The second-order valence-electron chi connectivity index (χ2n) is 5.96. The molecule has 3 heteroatoms. The van der Waals surface area contributed by atoms with Crippen LogP contribution in [0, 0.1) is 5.92 Å². The second-order valence-corrected chi connectivity index (χ2v) is 6.39. The van der Waals surface area contributed by atoms with Crippen molar-refractivity contribution in [1.82, 2.24) is 4.90 Å². The molecule has 0 spiro atoms. The van der Waals surface area contributed by atoms with E-state index in [1.165, 1.54) is 18.4 Å². The zero-order valence-corrected chi connectivity index (χ0v) is 12.9. The van der Waals surface area contributed by atoms with Crippen LogP contribution < -0.4 is 5.73 Å². The number of nitrogens with two attached hydrogens (primary N) is 1. The Hall–Kier alpha value is -0.570.